The van der Waals surface area contributed by atoms with Gasteiger partial charge in [0.2, 0.25) is 0 Å². The van der Waals surface area contributed by atoms with Gasteiger partial charge in [0.1, 0.15) is 0 Å². The fourth-order valence-corrected chi connectivity index (χ4v) is 4.50. The minimum absolute atomic E-state index is 0.0782. The summed E-state index contributed by atoms with van der Waals surface area (Å²) in [6, 6.07) is 2.11. The number of rotatable bonds is 7. The maximum absolute atomic E-state index is 12.2. The van der Waals surface area contributed by atoms with Crippen LogP contribution in [0.25, 0.3) is 0 Å². The van der Waals surface area contributed by atoms with E-state index in [4.69, 9.17) is 5.11 Å². The highest BCUT2D eigenvalue weighted by Crippen LogP contribution is 2.28. The van der Waals surface area contributed by atoms with E-state index in [9.17, 15) is 4.79 Å². The molecule has 1 aliphatic rings. The van der Waals surface area contributed by atoms with Gasteiger partial charge in [-0.3, -0.25) is 4.79 Å². The summed E-state index contributed by atoms with van der Waals surface area (Å²) >= 11 is 3.46. The van der Waals surface area contributed by atoms with Crippen molar-refractivity contribution < 1.29 is 9.90 Å². The van der Waals surface area contributed by atoms with Crippen LogP contribution in [-0.4, -0.2) is 35.7 Å². The van der Waals surface area contributed by atoms with Crippen molar-refractivity contribution in [1.82, 2.24) is 5.32 Å². The molecule has 1 heterocycles. The van der Waals surface area contributed by atoms with Crippen LogP contribution in [0.15, 0.2) is 6.07 Å². The average Bonchev–Trinajstić information content (AvgIpc) is 2.85. The van der Waals surface area contributed by atoms with Crippen molar-refractivity contribution in [1.29, 1.82) is 0 Å². The van der Waals surface area contributed by atoms with Gasteiger partial charge in [0.15, 0.2) is 0 Å². The lowest BCUT2D eigenvalue weighted by atomic mass is 10.00. The van der Waals surface area contributed by atoms with E-state index in [1.54, 1.807) is 23.1 Å². The Balaban J connectivity index is 1.78. The topological polar surface area (TPSA) is 49.3 Å². The molecule has 1 aromatic heterocycles. The van der Waals surface area contributed by atoms with E-state index >= 15 is 0 Å². The van der Waals surface area contributed by atoms with Gasteiger partial charge in [0.25, 0.3) is 5.91 Å². The Hall–Kier alpha value is -0.520. The fourth-order valence-electron chi connectivity index (χ4n) is 2.55. The Morgan fingerprint density at radius 3 is 2.86 bits per heavy atom. The minimum atomic E-state index is 0.0782. The lowest BCUT2D eigenvalue weighted by Crippen LogP contribution is -2.25. The lowest BCUT2D eigenvalue weighted by molar-refractivity contribution is 0.0960. The molecule has 2 N–H and O–H groups in total. The predicted molar refractivity (Wildman–Crippen MR) is 91.6 cm³/mol. The lowest BCUT2D eigenvalue weighted by Gasteiger charge is -2.07. The fraction of sp³-hybridized carbons (Fsp3) is 0.688. The molecular formula is C16H25NO2S2. The number of carbonyl (C=O) groups excluding carboxylic acids is 1. The van der Waals surface area contributed by atoms with Crippen molar-refractivity contribution in [3.8, 4) is 0 Å². The van der Waals surface area contributed by atoms with Crippen molar-refractivity contribution in [3.05, 3.63) is 21.4 Å². The molecule has 1 aromatic rings. The van der Waals surface area contributed by atoms with Gasteiger partial charge in [-0.25, -0.2) is 0 Å². The Bertz CT molecular complexity index is 420. The maximum atomic E-state index is 12.2. The monoisotopic (exact) mass is 327 g/mol. The van der Waals surface area contributed by atoms with Crippen molar-refractivity contribution in [3.63, 3.8) is 0 Å². The summed E-state index contributed by atoms with van der Waals surface area (Å²) in [5.74, 6) is 1.95. The zero-order valence-corrected chi connectivity index (χ0v) is 14.2. The predicted octanol–water partition coefficient (Wildman–Crippen LogP) is 3.25. The third kappa shape index (κ3) is 5.64. The number of thiophene rings is 1. The Kier molecular flexibility index (Phi) is 7.61. The summed E-state index contributed by atoms with van der Waals surface area (Å²) < 4.78 is 0. The van der Waals surface area contributed by atoms with Gasteiger partial charge in [0.05, 0.1) is 4.88 Å². The second kappa shape index (κ2) is 9.49. The maximum Gasteiger partial charge on any atom is 0.261 e. The van der Waals surface area contributed by atoms with Gasteiger partial charge in [-0.2, -0.15) is 11.8 Å². The van der Waals surface area contributed by atoms with Crippen molar-refractivity contribution in [2.45, 2.75) is 44.9 Å². The van der Waals surface area contributed by atoms with Crippen LogP contribution < -0.4 is 5.32 Å². The summed E-state index contributed by atoms with van der Waals surface area (Å²) in [4.78, 5) is 14.5. The van der Waals surface area contributed by atoms with Gasteiger partial charge in [-0.1, -0.05) is 12.8 Å². The molecule has 0 aromatic carbocycles. The number of aryl methyl sites for hydroxylation is 2. The molecule has 0 radical (unpaired) electrons. The van der Waals surface area contributed by atoms with Crippen LogP contribution in [0.5, 0.6) is 0 Å². The van der Waals surface area contributed by atoms with E-state index < -0.39 is 0 Å². The molecule has 0 saturated carbocycles. The van der Waals surface area contributed by atoms with E-state index in [1.807, 2.05) is 0 Å². The first-order chi connectivity index (χ1) is 10.3. The first-order valence-electron chi connectivity index (χ1n) is 7.89. The van der Waals surface area contributed by atoms with Crippen molar-refractivity contribution >= 4 is 29.0 Å². The van der Waals surface area contributed by atoms with Crippen molar-refractivity contribution in [2.75, 3.05) is 24.7 Å². The van der Waals surface area contributed by atoms with E-state index in [2.05, 4.69) is 11.4 Å². The number of aliphatic hydroxyl groups is 1. The van der Waals surface area contributed by atoms with Crippen LogP contribution in [0, 0.1) is 0 Å². The highest BCUT2D eigenvalue weighted by molar-refractivity contribution is 7.99. The third-order valence-electron chi connectivity index (χ3n) is 3.70. The normalized spacial score (nSPS) is 15.1. The van der Waals surface area contributed by atoms with E-state index in [0.717, 1.165) is 35.6 Å². The molecule has 0 spiro atoms. The number of amides is 1. The van der Waals surface area contributed by atoms with Crippen LogP contribution in [-0.2, 0) is 12.8 Å². The summed E-state index contributed by atoms with van der Waals surface area (Å²) in [6.07, 6.45) is 8.27. The molecule has 21 heavy (non-hydrogen) atoms. The number of nitrogens with one attached hydrogen (secondary N) is 1. The average molecular weight is 328 g/mol. The highest BCUT2D eigenvalue weighted by atomic mass is 32.2. The number of carbonyl (C=O) groups is 1. The molecule has 0 unspecified atom stereocenters. The second-order valence-corrected chi connectivity index (χ2v) is 7.78. The first-order valence-corrected chi connectivity index (χ1v) is 9.87. The second-order valence-electron chi connectivity index (χ2n) is 5.42. The molecule has 0 bridgehead atoms. The van der Waals surface area contributed by atoms with E-state index in [0.29, 0.717) is 6.54 Å². The van der Waals surface area contributed by atoms with Crippen LogP contribution in [0.2, 0.25) is 0 Å². The summed E-state index contributed by atoms with van der Waals surface area (Å²) in [6.45, 7) is 0.956. The number of fused-ring (bicyclic) bond motifs is 1. The third-order valence-corrected chi connectivity index (χ3v) is 6.01. The summed E-state index contributed by atoms with van der Waals surface area (Å²) in [5.41, 5.74) is 1.40. The van der Waals surface area contributed by atoms with Gasteiger partial charge in [-0.05, 0) is 49.5 Å². The van der Waals surface area contributed by atoms with Gasteiger partial charge in [0, 0.05) is 23.8 Å². The molecule has 3 nitrogen and oxygen atoms in total. The SMILES string of the molecule is O=C(NCCSCCCO)c1cc2c(s1)CCCCCC2. The van der Waals surface area contributed by atoms with Gasteiger partial charge >= 0.3 is 0 Å². The van der Waals surface area contributed by atoms with Crippen LogP contribution in [0.1, 0.15) is 52.2 Å². The smallest absolute Gasteiger partial charge is 0.261 e. The van der Waals surface area contributed by atoms with Crippen LogP contribution in [0.4, 0.5) is 0 Å². The molecule has 0 fully saturated rings. The van der Waals surface area contributed by atoms with Crippen molar-refractivity contribution in [2.24, 2.45) is 0 Å². The Morgan fingerprint density at radius 2 is 2.05 bits per heavy atom. The molecule has 1 amide bonds. The molecule has 0 atom stereocenters. The number of hydrogen-bond acceptors (Lipinski definition) is 4. The molecule has 118 valence electrons. The number of hydrogen-bond donors (Lipinski definition) is 2. The molecular weight excluding hydrogens is 302 g/mol. The molecule has 0 saturated heterocycles. The molecule has 5 heteroatoms. The first kappa shape index (κ1) is 16.8. The quantitative estimate of drug-likeness (QED) is 0.756. The largest absolute Gasteiger partial charge is 0.396 e. The zero-order chi connectivity index (χ0) is 14.9. The molecule has 2 rings (SSSR count). The van der Waals surface area contributed by atoms with E-state index in [-0.39, 0.29) is 12.5 Å². The number of thioether (sulfide) groups is 1. The molecule has 0 aliphatic heterocycles. The van der Waals surface area contributed by atoms with Gasteiger partial charge in [-0.15, -0.1) is 11.3 Å². The summed E-state index contributed by atoms with van der Waals surface area (Å²) in [5, 5.41) is 11.7. The Morgan fingerprint density at radius 1 is 1.24 bits per heavy atom. The minimum Gasteiger partial charge on any atom is -0.396 e. The van der Waals surface area contributed by atoms with E-state index in [1.165, 1.54) is 36.1 Å². The highest BCUT2D eigenvalue weighted by Gasteiger charge is 2.15. The van der Waals surface area contributed by atoms with Gasteiger partial charge < -0.3 is 10.4 Å². The zero-order valence-electron chi connectivity index (χ0n) is 12.5. The van der Waals surface area contributed by atoms with Crippen LogP contribution >= 0.6 is 23.1 Å². The molecule has 1 aliphatic carbocycles. The van der Waals surface area contributed by atoms with Crippen LogP contribution in [0.3, 0.4) is 0 Å². The summed E-state index contributed by atoms with van der Waals surface area (Å²) in [7, 11) is 0. The standard InChI is InChI=1S/C16H25NO2S2/c18-9-5-10-20-11-8-17-16(19)15-12-13-6-3-1-2-4-7-14(13)21-15/h12,18H,1-11H2,(H,17,19). The Labute approximate surface area is 135 Å². The number of aliphatic hydroxyl groups excluding tert-OH is 1.